The topological polar surface area (TPSA) is 29.5 Å². The molecule has 0 N–H and O–H groups in total. The number of ether oxygens (including phenoxy) is 1. The van der Waals surface area contributed by atoms with E-state index in [0.717, 1.165) is 36.1 Å². The Morgan fingerprint density at radius 2 is 1.92 bits per heavy atom. The highest BCUT2D eigenvalue weighted by atomic mass is 35.5. The van der Waals surface area contributed by atoms with Gasteiger partial charge in [0.05, 0.1) is 0 Å². The first-order chi connectivity index (χ1) is 11.7. The van der Waals surface area contributed by atoms with Crippen LogP contribution in [0.2, 0.25) is 0 Å². The van der Waals surface area contributed by atoms with Gasteiger partial charge in [0.15, 0.2) is 0 Å². The van der Waals surface area contributed by atoms with Crippen LogP contribution in [0.4, 0.5) is 0 Å². The van der Waals surface area contributed by atoms with Crippen LogP contribution in [0.5, 0.6) is 5.75 Å². The summed E-state index contributed by atoms with van der Waals surface area (Å²) >= 11 is 0. The van der Waals surface area contributed by atoms with E-state index in [-0.39, 0.29) is 12.4 Å². The summed E-state index contributed by atoms with van der Waals surface area (Å²) in [5, 5.41) is 0. The van der Waals surface area contributed by atoms with Crippen LogP contribution in [0, 0.1) is 0 Å². The number of benzene rings is 2. The maximum Gasteiger partial charge on any atom is 0.127 e. The SMILES string of the molecule is CN(C)CC/C=C1/c2ccccc2COc2ccc(CC=O)cc21.Cl. The van der Waals surface area contributed by atoms with E-state index in [2.05, 4.69) is 49.3 Å². The van der Waals surface area contributed by atoms with Crippen LogP contribution in [0.25, 0.3) is 5.57 Å². The van der Waals surface area contributed by atoms with Crippen molar-refractivity contribution in [1.29, 1.82) is 0 Å². The molecule has 0 spiro atoms. The van der Waals surface area contributed by atoms with E-state index in [9.17, 15) is 4.79 Å². The Morgan fingerprint density at radius 3 is 2.68 bits per heavy atom. The lowest BCUT2D eigenvalue weighted by atomic mass is 9.92. The minimum atomic E-state index is 0. The fourth-order valence-corrected chi connectivity index (χ4v) is 3.03. The second-order valence-electron chi connectivity index (χ2n) is 6.36. The molecule has 0 saturated heterocycles. The summed E-state index contributed by atoms with van der Waals surface area (Å²) in [6.07, 6.45) is 4.63. The third kappa shape index (κ3) is 4.50. The monoisotopic (exact) mass is 357 g/mol. The molecule has 0 amide bonds. The zero-order valence-corrected chi connectivity index (χ0v) is 15.5. The third-order valence-electron chi connectivity index (χ3n) is 4.27. The van der Waals surface area contributed by atoms with Crippen LogP contribution in [0.15, 0.2) is 48.5 Å². The quantitative estimate of drug-likeness (QED) is 0.754. The number of nitrogens with zero attached hydrogens (tertiary/aromatic N) is 1. The lowest BCUT2D eigenvalue weighted by Crippen LogP contribution is -2.12. The van der Waals surface area contributed by atoms with E-state index in [0.29, 0.717) is 13.0 Å². The maximum atomic E-state index is 10.9. The summed E-state index contributed by atoms with van der Waals surface area (Å²) in [4.78, 5) is 13.1. The van der Waals surface area contributed by atoms with Gasteiger partial charge in [-0.05, 0) is 54.9 Å². The lowest BCUT2D eigenvalue weighted by Gasteiger charge is -2.13. The number of carbonyl (C=O) groups is 1. The number of aldehydes is 1. The largest absolute Gasteiger partial charge is 0.488 e. The molecule has 3 nitrogen and oxygen atoms in total. The molecule has 1 heterocycles. The van der Waals surface area contributed by atoms with Gasteiger partial charge < -0.3 is 14.4 Å². The Labute approximate surface area is 155 Å². The first-order valence-electron chi connectivity index (χ1n) is 8.32. The molecular formula is C21H24ClNO2. The van der Waals surface area contributed by atoms with Crippen molar-refractivity contribution in [2.24, 2.45) is 0 Å². The van der Waals surface area contributed by atoms with E-state index < -0.39 is 0 Å². The van der Waals surface area contributed by atoms with Crippen molar-refractivity contribution in [3.63, 3.8) is 0 Å². The zero-order chi connectivity index (χ0) is 16.9. The minimum Gasteiger partial charge on any atom is -0.488 e. The summed E-state index contributed by atoms with van der Waals surface area (Å²) < 4.78 is 6.03. The van der Waals surface area contributed by atoms with Crippen molar-refractivity contribution in [3.05, 3.63) is 70.8 Å². The zero-order valence-electron chi connectivity index (χ0n) is 14.7. The van der Waals surface area contributed by atoms with Gasteiger partial charge in [0, 0.05) is 18.5 Å². The first kappa shape index (κ1) is 19.2. The van der Waals surface area contributed by atoms with Crippen molar-refractivity contribution in [2.45, 2.75) is 19.4 Å². The minimum absolute atomic E-state index is 0. The number of hydrogen-bond donors (Lipinski definition) is 0. The summed E-state index contributed by atoms with van der Waals surface area (Å²) in [6.45, 7) is 1.57. The summed E-state index contributed by atoms with van der Waals surface area (Å²) in [6, 6.07) is 14.4. The van der Waals surface area contributed by atoms with E-state index in [1.165, 1.54) is 16.7 Å². The standard InChI is InChI=1S/C21H23NO2.ClH/c1-22(2)12-5-8-19-18-7-4-3-6-17(18)15-24-21-10-9-16(11-13-23)14-20(19)21;/h3-4,6-10,13-14H,5,11-12,15H2,1-2H3;1H/b19-8-;. The molecule has 0 fully saturated rings. The van der Waals surface area contributed by atoms with Crippen LogP contribution in [-0.2, 0) is 17.8 Å². The Kier molecular flexibility index (Phi) is 6.80. The number of halogens is 1. The predicted octanol–water partition coefficient (Wildman–Crippen LogP) is 4.13. The van der Waals surface area contributed by atoms with Gasteiger partial charge in [0.2, 0.25) is 0 Å². The van der Waals surface area contributed by atoms with E-state index in [1.807, 2.05) is 18.2 Å². The summed E-state index contributed by atoms with van der Waals surface area (Å²) in [7, 11) is 4.16. The predicted molar refractivity (Wildman–Crippen MR) is 104 cm³/mol. The second kappa shape index (κ2) is 8.84. The average Bonchev–Trinajstić information content (AvgIpc) is 2.72. The Hall–Kier alpha value is -2.10. The molecule has 0 aliphatic carbocycles. The van der Waals surface area contributed by atoms with Gasteiger partial charge >= 0.3 is 0 Å². The Bertz CT molecular complexity index is 768. The molecule has 1 aliphatic rings. The van der Waals surface area contributed by atoms with Gasteiger partial charge in [-0.2, -0.15) is 0 Å². The molecule has 0 saturated carbocycles. The summed E-state index contributed by atoms with van der Waals surface area (Å²) in [5.74, 6) is 0.886. The highest BCUT2D eigenvalue weighted by Gasteiger charge is 2.19. The van der Waals surface area contributed by atoms with Crippen molar-refractivity contribution in [3.8, 4) is 5.75 Å². The third-order valence-corrected chi connectivity index (χ3v) is 4.27. The number of carbonyl (C=O) groups excluding carboxylic acids is 1. The fourth-order valence-electron chi connectivity index (χ4n) is 3.03. The van der Waals surface area contributed by atoms with Crippen molar-refractivity contribution >= 4 is 24.3 Å². The number of hydrogen-bond acceptors (Lipinski definition) is 3. The van der Waals surface area contributed by atoms with Crippen molar-refractivity contribution in [2.75, 3.05) is 20.6 Å². The van der Waals surface area contributed by atoms with Gasteiger partial charge in [-0.3, -0.25) is 0 Å². The summed E-state index contributed by atoms with van der Waals surface area (Å²) in [5.41, 5.74) is 5.72. The van der Waals surface area contributed by atoms with Crippen LogP contribution in [0.1, 0.15) is 28.7 Å². The van der Waals surface area contributed by atoms with E-state index in [1.54, 1.807) is 0 Å². The van der Waals surface area contributed by atoms with Crippen LogP contribution >= 0.6 is 12.4 Å². The van der Waals surface area contributed by atoms with Crippen LogP contribution < -0.4 is 4.74 Å². The molecule has 2 aromatic carbocycles. The first-order valence-corrected chi connectivity index (χ1v) is 8.32. The van der Waals surface area contributed by atoms with Crippen LogP contribution in [-0.4, -0.2) is 31.8 Å². The van der Waals surface area contributed by atoms with E-state index in [4.69, 9.17) is 4.74 Å². The molecular weight excluding hydrogens is 334 g/mol. The molecule has 0 bridgehead atoms. The normalized spacial score (nSPS) is 14.1. The molecule has 25 heavy (non-hydrogen) atoms. The van der Waals surface area contributed by atoms with Gasteiger partial charge in [0.25, 0.3) is 0 Å². The molecule has 0 radical (unpaired) electrons. The lowest BCUT2D eigenvalue weighted by molar-refractivity contribution is -0.107. The van der Waals surface area contributed by atoms with Crippen molar-refractivity contribution in [1.82, 2.24) is 4.90 Å². The second-order valence-corrected chi connectivity index (χ2v) is 6.36. The molecule has 0 aromatic heterocycles. The number of rotatable bonds is 5. The van der Waals surface area contributed by atoms with Gasteiger partial charge in [-0.1, -0.05) is 36.4 Å². The molecule has 2 aromatic rings. The van der Waals surface area contributed by atoms with Gasteiger partial charge in [-0.25, -0.2) is 0 Å². The molecule has 4 heteroatoms. The van der Waals surface area contributed by atoms with Crippen LogP contribution in [0.3, 0.4) is 0 Å². The smallest absolute Gasteiger partial charge is 0.127 e. The average molecular weight is 358 g/mol. The molecule has 0 unspecified atom stereocenters. The molecule has 132 valence electrons. The van der Waals surface area contributed by atoms with Gasteiger partial charge in [0.1, 0.15) is 18.6 Å². The highest BCUT2D eigenvalue weighted by Crippen LogP contribution is 2.37. The highest BCUT2D eigenvalue weighted by molar-refractivity contribution is 5.86. The van der Waals surface area contributed by atoms with E-state index >= 15 is 0 Å². The molecule has 1 aliphatic heterocycles. The molecule has 3 rings (SSSR count). The fraction of sp³-hybridized carbons (Fsp3) is 0.286. The Balaban J connectivity index is 0.00000225. The molecule has 0 atom stereocenters. The van der Waals surface area contributed by atoms with Gasteiger partial charge in [-0.15, -0.1) is 12.4 Å². The Morgan fingerprint density at radius 1 is 1.12 bits per heavy atom. The maximum absolute atomic E-state index is 10.9. The number of fused-ring (bicyclic) bond motifs is 2. The van der Waals surface area contributed by atoms with Crippen molar-refractivity contribution < 1.29 is 9.53 Å².